The van der Waals surface area contributed by atoms with Crippen molar-refractivity contribution in [2.24, 2.45) is 0 Å². The molecule has 0 spiro atoms. The van der Waals surface area contributed by atoms with Crippen LogP contribution in [0.5, 0.6) is 0 Å². The molecule has 4 N–H and O–H groups in total. The minimum atomic E-state index is 0.362. The van der Waals surface area contributed by atoms with Crippen molar-refractivity contribution in [3.63, 3.8) is 0 Å². The standard InChI is InChI=1S/C16H28N2/c1-8(2)12-11(7)13(9(3)4)16(18)14(10(5)6)15(12)17/h8-10H,17-18H2,1-7H3. The van der Waals surface area contributed by atoms with Crippen molar-refractivity contribution in [3.05, 3.63) is 22.3 Å². The fraction of sp³-hybridized carbons (Fsp3) is 0.625. The zero-order valence-corrected chi connectivity index (χ0v) is 12.9. The maximum atomic E-state index is 6.38. The molecule has 0 saturated heterocycles. The topological polar surface area (TPSA) is 52.0 Å². The van der Waals surface area contributed by atoms with Gasteiger partial charge in [0.2, 0.25) is 0 Å². The van der Waals surface area contributed by atoms with Gasteiger partial charge in [0.05, 0.1) is 0 Å². The fourth-order valence-corrected chi connectivity index (χ4v) is 3.09. The molecule has 1 aromatic rings. The molecule has 18 heavy (non-hydrogen) atoms. The van der Waals surface area contributed by atoms with E-state index in [0.29, 0.717) is 17.8 Å². The van der Waals surface area contributed by atoms with Gasteiger partial charge in [-0.05, 0) is 41.4 Å². The molecule has 1 rings (SSSR count). The molecule has 2 heteroatoms. The largest absolute Gasteiger partial charge is 0.398 e. The van der Waals surface area contributed by atoms with Gasteiger partial charge in [0.1, 0.15) is 0 Å². The highest BCUT2D eigenvalue weighted by Gasteiger charge is 2.22. The van der Waals surface area contributed by atoms with Crippen molar-refractivity contribution in [1.82, 2.24) is 0 Å². The normalized spacial score (nSPS) is 11.9. The summed E-state index contributed by atoms with van der Waals surface area (Å²) in [7, 11) is 0. The molecule has 0 amide bonds. The molecule has 0 heterocycles. The third kappa shape index (κ3) is 2.33. The predicted octanol–water partition coefficient (Wildman–Crippen LogP) is 4.53. The second-order valence-electron chi connectivity index (χ2n) is 6.16. The van der Waals surface area contributed by atoms with Gasteiger partial charge in [0, 0.05) is 16.9 Å². The van der Waals surface area contributed by atoms with Crippen molar-refractivity contribution in [2.45, 2.75) is 66.2 Å². The zero-order valence-electron chi connectivity index (χ0n) is 12.9. The van der Waals surface area contributed by atoms with Crippen LogP contribution in [0.3, 0.4) is 0 Å². The van der Waals surface area contributed by atoms with Crippen LogP contribution in [0, 0.1) is 6.92 Å². The Labute approximate surface area is 112 Å². The van der Waals surface area contributed by atoms with Gasteiger partial charge < -0.3 is 11.5 Å². The third-order valence-corrected chi connectivity index (χ3v) is 3.70. The molecule has 0 aliphatic carbocycles. The van der Waals surface area contributed by atoms with Crippen LogP contribution < -0.4 is 11.5 Å². The van der Waals surface area contributed by atoms with E-state index in [-0.39, 0.29) is 0 Å². The van der Waals surface area contributed by atoms with Crippen LogP contribution >= 0.6 is 0 Å². The Bertz CT molecular complexity index is 355. The van der Waals surface area contributed by atoms with E-state index in [1.807, 2.05) is 0 Å². The van der Waals surface area contributed by atoms with Crippen molar-refractivity contribution in [3.8, 4) is 0 Å². The predicted molar refractivity (Wildman–Crippen MR) is 82.3 cm³/mol. The average Bonchev–Trinajstić information content (AvgIpc) is 2.14. The summed E-state index contributed by atoms with van der Waals surface area (Å²) in [4.78, 5) is 0. The van der Waals surface area contributed by atoms with E-state index in [9.17, 15) is 0 Å². The van der Waals surface area contributed by atoms with E-state index in [1.54, 1.807) is 0 Å². The first-order valence-corrected chi connectivity index (χ1v) is 6.91. The molecule has 0 saturated carbocycles. The Morgan fingerprint density at radius 3 is 1.11 bits per heavy atom. The van der Waals surface area contributed by atoms with E-state index < -0.39 is 0 Å². The molecule has 0 aliphatic rings. The van der Waals surface area contributed by atoms with Crippen LogP contribution in [-0.2, 0) is 0 Å². The van der Waals surface area contributed by atoms with Crippen LogP contribution in [0.25, 0.3) is 0 Å². The molecular weight excluding hydrogens is 220 g/mol. The Hall–Kier alpha value is -1.18. The molecule has 1 aromatic carbocycles. The number of nitrogens with two attached hydrogens (primary N) is 2. The van der Waals surface area contributed by atoms with Crippen molar-refractivity contribution >= 4 is 11.4 Å². The number of hydrogen-bond acceptors (Lipinski definition) is 2. The Balaban J connectivity index is 3.76. The summed E-state index contributed by atoms with van der Waals surface area (Å²) < 4.78 is 0. The summed E-state index contributed by atoms with van der Waals surface area (Å²) in [5, 5.41) is 0. The Morgan fingerprint density at radius 2 is 0.889 bits per heavy atom. The molecule has 0 bridgehead atoms. The van der Waals surface area contributed by atoms with E-state index in [1.165, 1.54) is 16.7 Å². The molecule has 102 valence electrons. The molecule has 0 unspecified atom stereocenters. The lowest BCUT2D eigenvalue weighted by atomic mass is 9.82. The van der Waals surface area contributed by atoms with Gasteiger partial charge in [0.15, 0.2) is 0 Å². The van der Waals surface area contributed by atoms with Crippen LogP contribution in [0.4, 0.5) is 11.4 Å². The summed E-state index contributed by atoms with van der Waals surface area (Å²) in [6, 6.07) is 0. The minimum absolute atomic E-state index is 0.362. The highest BCUT2D eigenvalue weighted by atomic mass is 14.7. The lowest BCUT2D eigenvalue weighted by molar-refractivity contribution is 0.801. The van der Waals surface area contributed by atoms with Gasteiger partial charge in [-0.25, -0.2) is 0 Å². The van der Waals surface area contributed by atoms with Crippen LogP contribution in [0.15, 0.2) is 0 Å². The van der Waals surface area contributed by atoms with Crippen molar-refractivity contribution in [1.29, 1.82) is 0 Å². The Kier molecular flexibility index (Phi) is 4.31. The Morgan fingerprint density at radius 1 is 0.611 bits per heavy atom. The number of nitrogen functional groups attached to an aromatic ring is 2. The average molecular weight is 248 g/mol. The molecule has 0 radical (unpaired) electrons. The molecule has 0 aromatic heterocycles. The van der Waals surface area contributed by atoms with E-state index in [0.717, 1.165) is 16.9 Å². The van der Waals surface area contributed by atoms with Crippen molar-refractivity contribution < 1.29 is 0 Å². The lowest BCUT2D eigenvalue weighted by Gasteiger charge is -2.26. The second-order valence-corrected chi connectivity index (χ2v) is 6.16. The van der Waals surface area contributed by atoms with Gasteiger partial charge in [-0.3, -0.25) is 0 Å². The lowest BCUT2D eigenvalue weighted by Crippen LogP contribution is -2.13. The van der Waals surface area contributed by atoms with E-state index in [2.05, 4.69) is 48.5 Å². The first-order valence-electron chi connectivity index (χ1n) is 6.91. The van der Waals surface area contributed by atoms with Gasteiger partial charge in [-0.2, -0.15) is 0 Å². The summed E-state index contributed by atoms with van der Waals surface area (Å²) >= 11 is 0. The number of hydrogen-bond donors (Lipinski definition) is 2. The quantitative estimate of drug-likeness (QED) is 0.772. The monoisotopic (exact) mass is 248 g/mol. The van der Waals surface area contributed by atoms with Crippen molar-refractivity contribution in [2.75, 3.05) is 11.5 Å². The van der Waals surface area contributed by atoms with Crippen LogP contribution in [0.2, 0.25) is 0 Å². The first kappa shape index (κ1) is 14.9. The summed E-state index contributed by atoms with van der Waals surface area (Å²) in [5.41, 5.74) is 19.5. The SMILES string of the molecule is Cc1c(C(C)C)c(N)c(C(C)C)c(N)c1C(C)C. The first-order chi connectivity index (χ1) is 8.20. The molecule has 0 atom stereocenters. The summed E-state index contributed by atoms with van der Waals surface area (Å²) in [6.07, 6.45) is 0. The van der Waals surface area contributed by atoms with Gasteiger partial charge in [-0.1, -0.05) is 41.5 Å². The number of anilines is 2. The minimum Gasteiger partial charge on any atom is -0.398 e. The second kappa shape index (κ2) is 5.21. The van der Waals surface area contributed by atoms with E-state index >= 15 is 0 Å². The number of rotatable bonds is 3. The highest BCUT2D eigenvalue weighted by Crippen LogP contribution is 2.42. The van der Waals surface area contributed by atoms with Gasteiger partial charge in [-0.15, -0.1) is 0 Å². The molecular formula is C16H28N2. The third-order valence-electron chi connectivity index (χ3n) is 3.70. The molecule has 0 aliphatic heterocycles. The maximum Gasteiger partial charge on any atom is 0.0408 e. The summed E-state index contributed by atoms with van der Waals surface area (Å²) in [5.74, 6) is 1.22. The van der Waals surface area contributed by atoms with Gasteiger partial charge >= 0.3 is 0 Å². The fourth-order valence-electron chi connectivity index (χ4n) is 3.09. The van der Waals surface area contributed by atoms with Crippen LogP contribution in [0.1, 0.15) is 81.5 Å². The maximum absolute atomic E-state index is 6.38. The number of benzene rings is 1. The van der Waals surface area contributed by atoms with E-state index in [4.69, 9.17) is 11.5 Å². The summed E-state index contributed by atoms with van der Waals surface area (Å²) in [6.45, 7) is 15.3. The smallest absolute Gasteiger partial charge is 0.0408 e. The van der Waals surface area contributed by atoms with Crippen LogP contribution in [-0.4, -0.2) is 0 Å². The highest BCUT2D eigenvalue weighted by molar-refractivity contribution is 5.74. The molecule has 0 fully saturated rings. The molecule has 2 nitrogen and oxygen atoms in total. The van der Waals surface area contributed by atoms with Gasteiger partial charge in [0.25, 0.3) is 0 Å². The zero-order chi connectivity index (χ0) is 14.2.